The van der Waals surface area contributed by atoms with Crippen LogP contribution in [0, 0.1) is 17.7 Å². The third-order valence-corrected chi connectivity index (χ3v) is 2.84. The van der Waals surface area contributed by atoms with Crippen molar-refractivity contribution in [3.8, 4) is 0 Å². The van der Waals surface area contributed by atoms with Crippen LogP contribution >= 0.6 is 0 Å². The molecule has 0 heterocycles. The van der Waals surface area contributed by atoms with Crippen LogP contribution < -0.4 is 0 Å². The number of rotatable bonds is 6. The Balaban J connectivity index is 2.60. The van der Waals surface area contributed by atoms with E-state index in [0.29, 0.717) is 18.8 Å². The molecule has 0 bridgehead atoms. The Morgan fingerprint density at radius 1 is 1.24 bits per heavy atom. The molecule has 0 saturated heterocycles. The third-order valence-electron chi connectivity index (χ3n) is 2.84. The molecule has 0 aliphatic carbocycles. The summed E-state index contributed by atoms with van der Waals surface area (Å²) in [6, 6.07) is 6.05. The molecule has 0 aromatic heterocycles. The Kier molecular flexibility index (Phi) is 5.13. The maximum Gasteiger partial charge on any atom is 0.306 e. The summed E-state index contributed by atoms with van der Waals surface area (Å²) in [5.41, 5.74) is 0.877. The average Bonchev–Trinajstić information content (AvgIpc) is 2.26. The third kappa shape index (κ3) is 4.98. The molecule has 0 spiro atoms. The van der Waals surface area contributed by atoms with Gasteiger partial charge in [-0.15, -0.1) is 0 Å². The second-order valence-corrected chi connectivity index (χ2v) is 4.84. The van der Waals surface area contributed by atoms with E-state index in [1.54, 1.807) is 12.1 Å². The van der Waals surface area contributed by atoms with E-state index in [9.17, 15) is 9.18 Å². The summed E-state index contributed by atoms with van der Waals surface area (Å²) in [6.45, 7) is 4.16. The minimum atomic E-state index is -0.769. The Hall–Kier alpha value is -1.38. The van der Waals surface area contributed by atoms with Gasteiger partial charge in [0.1, 0.15) is 5.82 Å². The van der Waals surface area contributed by atoms with Crippen molar-refractivity contribution in [3.63, 3.8) is 0 Å². The molecule has 17 heavy (non-hydrogen) atoms. The van der Waals surface area contributed by atoms with E-state index in [4.69, 9.17) is 5.11 Å². The average molecular weight is 238 g/mol. The molecular formula is C14H19FO2. The minimum Gasteiger partial charge on any atom is -0.481 e. The Bertz CT molecular complexity index is 357. The van der Waals surface area contributed by atoms with Crippen LogP contribution in [0.3, 0.4) is 0 Å². The number of halogens is 1. The van der Waals surface area contributed by atoms with Crippen molar-refractivity contribution < 1.29 is 14.3 Å². The maximum atomic E-state index is 12.7. The number of carboxylic acid groups (broad SMARTS) is 1. The van der Waals surface area contributed by atoms with Gasteiger partial charge in [-0.2, -0.15) is 0 Å². The quantitative estimate of drug-likeness (QED) is 0.823. The SMILES string of the molecule is CC(C)CCC(Cc1ccc(F)cc1)C(=O)O. The Morgan fingerprint density at radius 2 is 1.82 bits per heavy atom. The first-order valence-electron chi connectivity index (χ1n) is 5.96. The standard InChI is InChI=1S/C14H19FO2/c1-10(2)3-6-12(14(16)17)9-11-4-7-13(15)8-5-11/h4-5,7-8,10,12H,3,6,9H2,1-2H3,(H,16,17). The van der Waals surface area contributed by atoms with Crippen LogP contribution in [0.25, 0.3) is 0 Å². The first kappa shape index (κ1) is 13.7. The summed E-state index contributed by atoms with van der Waals surface area (Å²) in [7, 11) is 0. The van der Waals surface area contributed by atoms with Crippen LogP contribution in [0.1, 0.15) is 32.3 Å². The molecule has 0 saturated carbocycles. The number of hydrogen-bond donors (Lipinski definition) is 1. The van der Waals surface area contributed by atoms with E-state index < -0.39 is 5.97 Å². The summed E-state index contributed by atoms with van der Waals surface area (Å²) in [6.07, 6.45) is 2.05. The highest BCUT2D eigenvalue weighted by atomic mass is 19.1. The van der Waals surface area contributed by atoms with Gasteiger partial charge in [0.2, 0.25) is 0 Å². The molecule has 1 atom stereocenters. The Morgan fingerprint density at radius 3 is 2.29 bits per heavy atom. The van der Waals surface area contributed by atoms with Gasteiger partial charge in [-0.25, -0.2) is 4.39 Å². The zero-order chi connectivity index (χ0) is 12.8. The van der Waals surface area contributed by atoms with Gasteiger partial charge in [0.25, 0.3) is 0 Å². The van der Waals surface area contributed by atoms with Crippen molar-refractivity contribution in [1.29, 1.82) is 0 Å². The highest BCUT2D eigenvalue weighted by molar-refractivity contribution is 5.70. The second-order valence-electron chi connectivity index (χ2n) is 4.84. The fourth-order valence-electron chi connectivity index (χ4n) is 1.75. The predicted molar refractivity (Wildman–Crippen MR) is 65.3 cm³/mol. The number of carbonyl (C=O) groups is 1. The van der Waals surface area contributed by atoms with E-state index >= 15 is 0 Å². The smallest absolute Gasteiger partial charge is 0.306 e. The minimum absolute atomic E-state index is 0.289. The van der Waals surface area contributed by atoms with Gasteiger partial charge < -0.3 is 5.11 Å². The van der Waals surface area contributed by atoms with Crippen LogP contribution in [0.5, 0.6) is 0 Å². The normalized spacial score (nSPS) is 12.7. The first-order chi connectivity index (χ1) is 7.99. The van der Waals surface area contributed by atoms with Crippen molar-refractivity contribution in [3.05, 3.63) is 35.6 Å². The highest BCUT2D eigenvalue weighted by Gasteiger charge is 2.18. The lowest BCUT2D eigenvalue weighted by molar-refractivity contribution is -0.142. The van der Waals surface area contributed by atoms with E-state index in [0.717, 1.165) is 12.0 Å². The lowest BCUT2D eigenvalue weighted by atomic mass is 9.92. The molecule has 1 aromatic carbocycles. The van der Waals surface area contributed by atoms with Crippen molar-refractivity contribution in [1.82, 2.24) is 0 Å². The van der Waals surface area contributed by atoms with Gasteiger partial charge in [0.15, 0.2) is 0 Å². The Labute approximate surface area is 101 Å². The van der Waals surface area contributed by atoms with Gasteiger partial charge in [-0.3, -0.25) is 4.79 Å². The van der Waals surface area contributed by atoms with Gasteiger partial charge >= 0.3 is 5.97 Å². The lowest BCUT2D eigenvalue weighted by Crippen LogP contribution is -2.17. The molecule has 2 nitrogen and oxygen atoms in total. The summed E-state index contributed by atoms with van der Waals surface area (Å²) < 4.78 is 12.7. The second kappa shape index (κ2) is 6.38. The molecular weight excluding hydrogens is 219 g/mol. The van der Waals surface area contributed by atoms with Gasteiger partial charge in [0, 0.05) is 0 Å². The maximum absolute atomic E-state index is 12.7. The molecule has 0 fully saturated rings. The van der Waals surface area contributed by atoms with Gasteiger partial charge in [-0.1, -0.05) is 32.4 Å². The molecule has 0 amide bonds. The lowest BCUT2D eigenvalue weighted by Gasteiger charge is -2.13. The number of benzene rings is 1. The predicted octanol–water partition coefficient (Wildman–Crippen LogP) is 3.51. The van der Waals surface area contributed by atoms with Crippen molar-refractivity contribution in [2.75, 3.05) is 0 Å². The molecule has 3 heteroatoms. The van der Waals surface area contributed by atoms with Gasteiger partial charge in [-0.05, 0) is 36.5 Å². The summed E-state index contributed by atoms with van der Waals surface area (Å²) >= 11 is 0. The fraction of sp³-hybridized carbons (Fsp3) is 0.500. The van der Waals surface area contributed by atoms with Crippen molar-refractivity contribution in [2.45, 2.75) is 33.1 Å². The number of carboxylic acids is 1. The number of aliphatic carboxylic acids is 1. The molecule has 1 unspecified atom stereocenters. The molecule has 1 aromatic rings. The van der Waals surface area contributed by atoms with Crippen LogP contribution in [0.4, 0.5) is 4.39 Å². The van der Waals surface area contributed by atoms with Crippen LogP contribution in [0.15, 0.2) is 24.3 Å². The zero-order valence-electron chi connectivity index (χ0n) is 10.3. The topological polar surface area (TPSA) is 37.3 Å². The van der Waals surface area contributed by atoms with Crippen molar-refractivity contribution >= 4 is 5.97 Å². The molecule has 94 valence electrons. The number of hydrogen-bond acceptors (Lipinski definition) is 1. The largest absolute Gasteiger partial charge is 0.481 e. The van der Waals surface area contributed by atoms with E-state index in [-0.39, 0.29) is 11.7 Å². The molecule has 1 rings (SSSR count). The highest BCUT2D eigenvalue weighted by Crippen LogP contribution is 2.18. The summed E-state index contributed by atoms with van der Waals surface area (Å²) in [4.78, 5) is 11.1. The van der Waals surface area contributed by atoms with Crippen LogP contribution in [-0.4, -0.2) is 11.1 Å². The van der Waals surface area contributed by atoms with Crippen LogP contribution in [-0.2, 0) is 11.2 Å². The van der Waals surface area contributed by atoms with Crippen LogP contribution in [0.2, 0.25) is 0 Å². The van der Waals surface area contributed by atoms with Gasteiger partial charge in [0.05, 0.1) is 5.92 Å². The van der Waals surface area contributed by atoms with E-state index in [1.165, 1.54) is 12.1 Å². The zero-order valence-corrected chi connectivity index (χ0v) is 10.3. The monoisotopic (exact) mass is 238 g/mol. The van der Waals surface area contributed by atoms with E-state index in [2.05, 4.69) is 13.8 Å². The summed E-state index contributed by atoms with van der Waals surface area (Å²) in [5, 5.41) is 9.13. The molecule has 1 N–H and O–H groups in total. The molecule has 0 radical (unpaired) electrons. The molecule has 0 aliphatic heterocycles. The van der Waals surface area contributed by atoms with Crippen molar-refractivity contribution in [2.24, 2.45) is 11.8 Å². The first-order valence-corrected chi connectivity index (χ1v) is 5.96. The molecule has 0 aliphatic rings. The fourth-order valence-corrected chi connectivity index (χ4v) is 1.75. The van der Waals surface area contributed by atoms with E-state index in [1.807, 2.05) is 0 Å². The summed E-state index contributed by atoms with van der Waals surface area (Å²) in [5.74, 6) is -0.925.